The quantitative estimate of drug-likeness (QED) is 0.760. The van der Waals surface area contributed by atoms with Crippen molar-refractivity contribution >= 4 is 6.21 Å². The van der Waals surface area contributed by atoms with E-state index in [9.17, 15) is 0 Å². The predicted octanol–water partition coefficient (Wildman–Crippen LogP) is 4.27. The summed E-state index contributed by atoms with van der Waals surface area (Å²) in [5, 5.41) is 6.85. The van der Waals surface area contributed by atoms with E-state index in [1.54, 1.807) is 0 Å². The monoisotopic (exact) mass is 335 g/mol. The summed E-state index contributed by atoms with van der Waals surface area (Å²) in [5.74, 6) is 0.576. The Morgan fingerprint density at radius 2 is 1.56 bits per heavy atom. The standard InChI is InChI=1S/C22H29N3/c1-18(2)22-10-8-20(9-11-22)16-23-25-14-12-24(13-15-25)17-21-6-4-19(3)5-7-21/h4-11,16,18H,12-15,17H2,1-3H3/b23-16+. The molecule has 1 heterocycles. The average molecular weight is 335 g/mol. The van der Waals surface area contributed by atoms with Crippen molar-refractivity contribution in [2.75, 3.05) is 26.2 Å². The van der Waals surface area contributed by atoms with Crippen LogP contribution in [0.1, 0.15) is 42.0 Å². The number of piperazine rings is 1. The second-order valence-electron chi connectivity index (χ2n) is 7.28. The minimum absolute atomic E-state index is 0.576. The van der Waals surface area contributed by atoms with Crippen molar-refractivity contribution < 1.29 is 0 Å². The molecule has 1 fully saturated rings. The van der Waals surface area contributed by atoms with E-state index in [4.69, 9.17) is 0 Å². The Labute approximate surface area is 152 Å². The average Bonchev–Trinajstić information content (AvgIpc) is 2.63. The number of benzene rings is 2. The third-order valence-electron chi connectivity index (χ3n) is 4.85. The molecule has 0 aliphatic carbocycles. The van der Waals surface area contributed by atoms with Gasteiger partial charge in [-0.25, -0.2) is 0 Å². The summed E-state index contributed by atoms with van der Waals surface area (Å²) < 4.78 is 0. The molecule has 2 aromatic rings. The Morgan fingerprint density at radius 1 is 0.920 bits per heavy atom. The maximum atomic E-state index is 4.66. The van der Waals surface area contributed by atoms with E-state index in [0.717, 1.165) is 32.7 Å². The molecule has 1 aliphatic rings. The van der Waals surface area contributed by atoms with Crippen LogP contribution in [0.2, 0.25) is 0 Å². The van der Waals surface area contributed by atoms with Gasteiger partial charge in [0.1, 0.15) is 0 Å². The van der Waals surface area contributed by atoms with Crippen LogP contribution in [0.25, 0.3) is 0 Å². The summed E-state index contributed by atoms with van der Waals surface area (Å²) in [4.78, 5) is 2.51. The van der Waals surface area contributed by atoms with Gasteiger partial charge in [-0.1, -0.05) is 67.9 Å². The van der Waals surface area contributed by atoms with E-state index in [1.807, 2.05) is 6.21 Å². The van der Waals surface area contributed by atoms with Crippen molar-refractivity contribution in [1.29, 1.82) is 0 Å². The Morgan fingerprint density at radius 3 is 2.16 bits per heavy atom. The molecule has 3 heteroatoms. The van der Waals surface area contributed by atoms with Crippen LogP contribution in [0.5, 0.6) is 0 Å². The molecule has 0 N–H and O–H groups in total. The largest absolute Gasteiger partial charge is 0.295 e. The fraction of sp³-hybridized carbons (Fsp3) is 0.409. The smallest absolute Gasteiger partial charge is 0.0542 e. The van der Waals surface area contributed by atoms with Gasteiger partial charge < -0.3 is 0 Å². The molecule has 2 aromatic carbocycles. The summed E-state index contributed by atoms with van der Waals surface area (Å²) in [6, 6.07) is 17.6. The van der Waals surface area contributed by atoms with Crippen LogP contribution in [-0.2, 0) is 6.54 Å². The fourth-order valence-corrected chi connectivity index (χ4v) is 3.08. The van der Waals surface area contributed by atoms with Crippen molar-refractivity contribution in [2.24, 2.45) is 5.10 Å². The second-order valence-corrected chi connectivity index (χ2v) is 7.28. The molecular formula is C22H29N3. The molecule has 0 saturated carbocycles. The minimum Gasteiger partial charge on any atom is -0.295 e. The van der Waals surface area contributed by atoms with Crippen LogP contribution in [0.3, 0.4) is 0 Å². The molecule has 0 aromatic heterocycles. The fourth-order valence-electron chi connectivity index (χ4n) is 3.08. The molecule has 3 nitrogen and oxygen atoms in total. The van der Waals surface area contributed by atoms with E-state index in [1.165, 1.54) is 22.3 Å². The maximum absolute atomic E-state index is 4.66. The van der Waals surface area contributed by atoms with Crippen LogP contribution in [-0.4, -0.2) is 42.3 Å². The summed E-state index contributed by atoms with van der Waals surface area (Å²) in [5.41, 5.74) is 5.27. The molecule has 3 rings (SSSR count). The lowest BCUT2D eigenvalue weighted by molar-refractivity contribution is 0.131. The molecule has 0 atom stereocenters. The third kappa shape index (κ3) is 5.17. The zero-order valence-corrected chi connectivity index (χ0v) is 15.7. The molecule has 0 unspecified atom stereocenters. The first kappa shape index (κ1) is 17.7. The van der Waals surface area contributed by atoms with Gasteiger partial charge >= 0.3 is 0 Å². The topological polar surface area (TPSA) is 18.8 Å². The molecule has 0 bridgehead atoms. The Balaban J connectivity index is 1.47. The van der Waals surface area contributed by atoms with E-state index in [-0.39, 0.29) is 0 Å². The molecule has 1 aliphatic heterocycles. The Kier molecular flexibility index (Phi) is 5.87. The van der Waals surface area contributed by atoms with Crippen LogP contribution >= 0.6 is 0 Å². The van der Waals surface area contributed by atoms with Gasteiger partial charge in [0, 0.05) is 32.7 Å². The first-order chi connectivity index (χ1) is 12.1. The van der Waals surface area contributed by atoms with Crippen LogP contribution < -0.4 is 0 Å². The van der Waals surface area contributed by atoms with E-state index < -0.39 is 0 Å². The summed E-state index contributed by atoms with van der Waals surface area (Å²) >= 11 is 0. The Bertz CT molecular complexity index is 678. The highest BCUT2D eigenvalue weighted by Crippen LogP contribution is 2.14. The highest BCUT2D eigenvalue weighted by Gasteiger charge is 2.15. The van der Waals surface area contributed by atoms with Gasteiger partial charge in [0.05, 0.1) is 6.21 Å². The van der Waals surface area contributed by atoms with Crippen LogP contribution in [0.15, 0.2) is 53.6 Å². The van der Waals surface area contributed by atoms with Crippen molar-refractivity contribution in [3.63, 3.8) is 0 Å². The van der Waals surface area contributed by atoms with Crippen molar-refractivity contribution in [1.82, 2.24) is 9.91 Å². The van der Waals surface area contributed by atoms with Crippen molar-refractivity contribution in [3.8, 4) is 0 Å². The lowest BCUT2D eigenvalue weighted by atomic mass is 10.0. The van der Waals surface area contributed by atoms with Crippen molar-refractivity contribution in [3.05, 3.63) is 70.8 Å². The maximum Gasteiger partial charge on any atom is 0.0542 e. The zero-order valence-electron chi connectivity index (χ0n) is 15.7. The molecule has 0 amide bonds. The van der Waals surface area contributed by atoms with Gasteiger partial charge in [0.15, 0.2) is 0 Å². The van der Waals surface area contributed by atoms with Gasteiger partial charge in [-0.05, 0) is 29.5 Å². The van der Waals surface area contributed by atoms with E-state index in [2.05, 4.69) is 84.3 Å². The molecule has 0 radical (unpaired) electrons. The highest BCUT2D eigenvalue weighted by molar-refractivity contribution is 5.79. The van der Waals surface area contributed by atoms with Crippen LogP contribution in [0, 0.1) is 6.92 Å². The van der Waals surface area contributed by atoms with Gasteiger partial charge in [-0.3, -0.25) is 9.91 Å². The lowest BCUT2D eigenvalue weighted by Crippen LogP contribution is -2.43. The van der Waals surface area contributed by atoms with E-state index in [0.29, 0.717) is 5.92 Å². The lowest BCUT2D eigenvalue weighted by Gasteiger charge is -2.33. The van der Waals surface area contributed by atoms with Crippen molar-refractivity contribution in [2.45, 2.75) is 33.2 Å². The predicted molar refractivity (Wildman–Crippen MR) is 106 cm³/mol. The molecule has 1 saturated heterocycles. The summed E-state index contributed by atoms with van der Waals surface area (Å²) in [6.07, 6.45) is 1.99. The third-order valence-corrected chi connectivity index (χ3v) is 4.85. The zero-order chi connectivity index (χ0) is 17.6. The summed E-state index contributed by atoms with van der Waals surface area (Å²) in [6.45, 7) is 11.7. The number of hydrazone groups is 1. The highest BCUT2D eigenvalue weighted by atomic mass is 15.5. The van der Waals surface area contributed by atoms with Gasteiger partial charge in [0.25, 0.3) is 0 Å². The van der Waals surface area contributed by atoms with Gasteiger partial charge in [-0.2, -0.15) is 5.10 Å². The number of hydrogen-bond donors (Lipinski definition) is 0. The minimum atomic E-state index is 0.576. The second kappa shape index (κ2) is 8.30. The molecule has 132 valence electrons. The number of rotatable bonds is 5. The molecule has 25 heavy (non-hydrogen) atoms. The normalized spacial score (nSPS) is 16.1. The van der Waals surface area contributed by atoms with Gasteiger partial charge in [-0.15, -0.1) is 0 Å². The first-order valence-electron chi connectivity index (χ1n) is 9.27. The van der Waals surface area contributed by atoms with Crippen LogP contribution in [0.4, 0.5) is 0 Å². The SMILES string of the molecule is Cc1ccc(CN2CCN(/N=C/c3ccc(C(C)C)cc3)CC2)cc1. The summed E-state index contributed by atoms with van der Waals surface area (Å²) in [7, 11) is 0. The molecule has 0 spiro atoms. The van der Waals surface area contributed by atoms with E-state index >= 15 is 0 Å². The number of nitrogens with zero attached hydrogens (tertiary/aromatic N) is 3. The number of hydrogen-bond acceptors (Lipinski definition) is 3. The number of aryl methyl sites for hydroxylation is 1. The molecular weight excluding hydrogens is 306 g/mol. The first-order valence-corrected chi connectivity index (χ1v) is 9.27. The Hall–Kier alpha value is -2.13. The van der Waals surface area contributed by atoms with Gasteiger partial charge in [0.2, 0.25) is 0 Å².